The lowest BCUT2D eigenvalue weighted by Gasteiger charge is -2.07. The highest BCUT2D eigenvalue weighted by molar-refractivity contribution is 5.41. The van der Waals surface area contributed by atoms with Crippen LogP contribution < -0.4 is 4.74 Å². The largest absolute Gasteiger partial charge is 0.457 e. The van der Waals surface area contributed by atoms with Crippen molar-refractivity contribution >= 4 is 0 Å². The molecule has 3 heteroatoms. The van der Waals surface area contributed by atoms with E-state index in [1.165, 1.54) is 24.0 Å². The fraction of sp³-hybridized carbons (Fsp3) is 0.200. The number of aryl methyl sites for hydroxylation is 2. The van der Waals surface area contributed by atoms with E-state index in [9.17, 15) is 0 Å². The maximum Gasteiger partial charge on any atom is 0.144 e. The second-order valence-electron chi connectivity index (χ2n) is 4.37. The van der Waals surface area contributed by atoms with Crippen LogP contribution in [0.4, 0.5) is 0 Å². The van der Waals surface area contributed by atoms with Gasteiger partial charge in [0, 0.05) is 12.3 Å². The molecule has 0 saturated heterocycles. The van der Waals surface area contributed by atoms with Gasteiger partial charge in [-0.1, -0.05) is 6.07 Å². The zero-order chi connectivity index (χ0) is 12.4. The second kappa shape index (κ2) is 4.50. The van der Waals surface area contributed by atoms with Crippen LogP contribution in [0.3, 0.4) is 0 Å². The number of hydrogen-bond donors (Lipinski definition) is 0. The van der Waals surface area contributed by atoms with E-state index in [1.807, 2.05) is 12.1 Å². The summed E-state index contributed by atoms with van der Waals surface area (Å²) in [6, 6.07) is 11.6. The van der Waals surface area contributed by atoms with E-state index in [2.05, 4.69) is 17.1 Å². The van der Waals surface area contributed by atoms with Crippen LogP contribution in [-0.4, -0.2) is 4.98 Å². The van der Waals surface area contributed by atoms with Gasteiger partial charge in [0.2, 0.25) is 0 Å². The number of benzene rings is 1. The summed E-state index contributed by atoms with van der Waals surface area (Å²) in [7, 11) is 0. The Hall–Kier alpha value is -2.34. The molecule has 0 radical (unpaired) electrons. The first-order valence-corrected chi connectivity index (χ1v) is 6.01. The van der Waals surface area contributed by atoms with Crippen LogP contribution in [0.25, 0.3) is 0 Å². The Bertz CT molecular complexity index is 629. The van der Waals surface area contributed by atoms with E-state index in [-0.39, 0.29) is 0 Å². The van der Waals surface area contributed by atoms with Gasteiger partial charge in [0.05, 0.1) is 0 Å². The van der Waals surface area contributed by atoms with Crippen molar-refractivity contribution in [2.24, 2.45) is 0 Å². The minimum absolute atomic E-state index is 0.369. The zero-order valence-corrected chi connectivity index (χ0v) is 9.89. The van der Waals surface area contributed by atoms with Crippen molar-refractivity contribution < 1.29 is 4.74 Å². The van der Waals surface area contributed by atoms with Gasteiger partial charge in [0.15, 0.2) is 0 Å². The molecule has 1 aromatic carbocycles. The highest BCUT2D eigenvalue weighted by Gasteiger charge is 2.11. The molecule has 0 atom stereocenters. The quantitative estimate of drug-likeness (QED) is 0.804. The predicted octanol–water partition coefficient (Wildman–Crippen LogP) is 3.23. The van der Waals surface area contributed by atoms with Gasteiger partial charge >= 0.3 is 0 Å². The number of nitriles is 1. The van der Waals surface area contributed by atoms with Crippen molar-refractivity contribution in [1.29, 1.82) is 5.26 Å². The predicted molar refractivity (Wildman–Crippen MR) is 67.5 cm³/mol. The van der Waals surface area contributed by atoms with Crippen LogP contribution in [-0.2, 0) is 12.8 Å². The summed E-state index contributed by atoms with van der Waals surface area (Å²) in [5, 5.41) is 8.79. The summed E-state index contributed by atoms with van der Waals surface area (Å²) >= 11 is 0. The lowest BCUT2D eigenvalue weighted by atomic mass is 10.1. The number of nitrogens with zero attached hydrogens (tertiary/aromatic N) is 2. The molecule has 3 rings (SSSR count). The fourth-order valence-electron chi connectivity index (χ4n) is 2.28. The Kier molecular flexibility index (Phi) is 2.70. The van der Waals surface area contributed by atoms with Gasteiger partial charge in [-0.15, -0.1) is 0 Å². The van der Waals surface area contributed by atoms with Crippen LogP contribution in [0.5, 0.6) is 11.5 Å². The molecule has 0 fully saturated rings. The van der Waals surface area contributed by atoms with E-state index in [1.54, 1.807) is 18.3 Å². The van der Waals surface area contributed by atoms with E-state index < -0.39 is 0 Å². The Balaban J connectivity index is 1.86. The van der Waals surface area contributed by atoms with Crippen molar-refractivity contribution in [2.75, 3.05) is 0 Å². The van der Waals surface area contributed by atoms with Gasteiger partial charge in [0.1, 0.15) is 23.3 Å². The Morgan fingerprint density at radius 3 is 2.78 bits per heavy atom. The average Bonchev–Trinajstić information content (AvgIpc) is 2.86. The van der Waals surface area contributed by atoms with E-state index in [0.29, 0.717) is 11.4 Å². The van der Waals surface area contributed by atoms with E-state index in [4.69, 9.17) is 10.00 Å². The smallest absolute Gasteiger partial charge is 0.144 e. The van der Waals surface area contributed by atoms with Gasteiger partial charge in [-0.3, -0.25) is 0 Å². The summed E-state index contributed by atoms with van der Waals surface area (Å²) in [5.74, 6) is 1.48. The van der Waals surface area contributed by atoms with Crippen molar-refractivity contribution in [3.05, 3.63) is 53.3 Å². The third-order valence-corrected chi connectivity index (χ3v) is 3.15. The second-order valence-corrected chi connectivity index (χ2v) is 4.37. The Labute approximate surface area is 106 Å². The molecule has 1 aliphatic rings. The van der Waals surface area contributed by atoms with Crippen molar-refractivity contribution in [3.8, 4) is 17.6 Å². The average molecular weight is 236 g/mol. The van der Waals surface area contributed by atoms with Gasteiger partial charge in [0.25, 0.3) is 0 Å². The molecule has 88 valence electrons. The SMILES string of the molecule is N#Cc1cc(Oc2ccc3c(c2)CCC3)ccn1. The van der Waals surface area contributed by atoms with Crippen molar-refractivity contribution in [1.82, 2.24) is 4.98 Å². The Morgan fingerprint density at radius 2 is 1.89 bits per heavy atom. The maximum atomic E-state index is 8.79. The first kappa shape index (κ1) is 10.8. The maximum absolute atomic E-state index is 8.79. The summed E-state index contributed by atoms with van der Waals surface area (Å²) < 4.78 is 5.76. The number of pyridine rings is 1. The van der Waals surface area contributed by atoms with E-state index in [0.717, 1.165) is 12.2 Å². The summed E-state index contributed by atoms with van der Waals surface area (Å²) in [5.41, 5.74) is 3.17. The van der Waals surface area contributed by atoms with Crippen molar-refractivity contribution in [3.63, 3.8) is 0 Å². The van der Waals surface area contributed by atoms with Gasteiger partial charge in [-0.25, -0.2) is 4.98 Å². The molecule has 0 spiro atoms. The Morgan fingerprint density at radius 1 is 1.06 bits per heavy atom. The van der Waals surface area contributed by atoms with Crippen LogP contribution in [0.15, 0.2) is 36.5 Å². The minimum atomic E-state index is 0.369. The highest BCUT2D eigenvalue weighted by Crippen LogP contribution is 2.28. The minimum Gasteiger partial charge on any atom is -0.457 e. The molecule has 0 bridgehead atoms. The summed E-state index contributed by atoms with van der Waals surface area (Å²) in [6.45, 7) is 0. The third-order valence-electron chi connectivity index (χ3n) is 3.15. The topological polar surface area (TPSA) is 45.9 Å². The molecule has 2 aromatic rings. The first-order valence-electron chi connectivity index (χ1n) is 6.01. The number of fused-ring (bicyclic) bond motifs is 1. The standard InChI is InChI=1S/C15H12N2O/c16-10-13-9-15(6-7-17-13)18-14-5-4-11-2-1-3-12(11)8-14/h4-9H,1-3H2. The lowest BCUT2D eigenvalue weighted by Crippen LogP contribution is -1.89. The molecule has 3 nitrogen and oxygen atoms in total. The van der Waals surface area contributed by atoms with Gasteiger partial charge < -0.3 is 4.74 Å². The van der Waals surface area contributed by atoms with Crippen LogP contribution in [0.2, 0.25) is 0 Å². The zero-order valence-electron chi connectivity index (χ0n) is 9.89. The molecule has 0 amide bonds. The first-order chi connectivity index (χ1) is 8.85. The van der Waals surface area contributed by atoms with E-state index >= 15 is 0 Å². The van der Waals surface area contributed by atoms with Gasteiger partial charge in [-0.2, -0.15) is 5.26 Å². The number of rotatable bonds is 2. The molecule has 1 aromatic heterocycles. The molecule has 0 unspecified atom stereocenters. The van der Waals surface area contributed by atoms with Crippen LogP contribution in [0.1, 0.15) is 23.2 Å². The highest BCUT2D eigenvalue weighted by atomic mass is 16.5. The van der Waals surface area contributed by atoms with Crippen LogP contribution >= 0.6 is 0 Å². The molecule has 0 aliphatic heterocycles. The molecular weight excluding hydrogens is 224 g/mol. The monoisotopic (exact) mass is 236 g/mol. The van der Waals surface area contributed by atoms with Crippen molar-refractivity contribution in [2.45, 2.75) is 19.3 Å². The summed E-state index contributed by atoms with van der Waals surface area (Å²) in [4.78, 5) is 3.92. The number of ether oxygens (including phenoxy) is 1. The van der Waals surface area contributed by atoms with Gasteiger partial charge in [-0.05, 0) is 48.6 Å². The molecule has 0 N–H and O–H groups in total. The molecule has 0 saturated carbocycles. The number of hydrogen-bond acceptors (Lipinski definition) is 3. The molecule has 1 aliphatic carbocycles. The summed E-state index contributed by atoms with van der Waals surface area (Å²) in [6.07, 6.45) is 5.11. The fourth-order valence-corrected chi connectivity index (χ4v) is 2.28. The molecule has 1 heterocycles. The van der Waals surface area contributed by atoms with Crippen LogP contribution in [0, 0.1) is 11.3 Å². The normalized spacial score (nSPS) is 12.8. The molecular formula is C15H12N2O. The lowest BCUT2D eigenvalue weighted by molar-refractivity contribution is 0.481. The molecule has 18 heavy (non-hydrogen) atoms. The third kappa shape index (κ3) is 2.05. The number of aromatic nitrogens is 1.